The normalized spacial score (nSPS) is 13.9. The van der Waals surface area contributed by atoms with Gasteiger partial charge in [0.05, 0.1) is 19.8 Å². The van der Waals surface area contributed by atoms with Gasteiger partial charge in [-0.2, -0.15) is 0 Å². The van der Waals surface area contributed by atoms with Crippen molar-refractivity contribution < 1.29 is 52.2 Å². The predicted octanol–water partition coefficient (Wildman–Crippen LogP) is 17.7. The number of aliphatic hydroxyl groups is 1. The molecule has 0 aromatic rings. The third-order valence-corrected chi connectivity index (χ3v) is 13.6. The predicted molar refractivity (Wildman–Crippen MR) is 307 cm³/mol. The molecule has 3 unspecified atom stereocenters. The van der Waals surface area contributed by atoms with E-state index in [4.69, 9.17) is 23.3 Å². The molecular formula is C62H109O11P. The second-order valence-electron chi connectivity index (χ2n) is 19.8. The van der Waals surface area contributed by atoms with Crippen molar-refractivity contribution in [3.05, 3.63) is 72.9 Å². The Balaban J connectivity index is 4.75. The molecule has 0 radical (unpaired) electrons. The molecular weight excluding hydrogens is 952 g/mol. The molecule has 0 saturated carbocycles. The van der Waals surface area contributed by atoms with E-state index in [9.17, 15) is 28.9 Å². The second kappa shape index (κ2) is 56.1. The average Bonchev–Trinajstić information content (AvgIpc) is 3.39. The van der Waals surface area contributed by atoms with E-state index in [2.05, 4.69) is 93.7 Å². The van der Waals surface area contributed by atoms with Crippen LogP contribution < -0.4 is 0 Å². The molecule has 0 spiro atoms. The van der Waals surface area contributed by atoms with Gasteiger partial charge in [0.25, 0.3) is 0 Å². The minimum atomic E-state index is -4.75. The lowest BCUT2D eigenvalue weighted by atomic mass is 10.1. The minimum absolute atomic E-state index is 0.152. The van der Waals surface area contributed by atoms with Crippen LogP contribution >= 0.6 is 7.82 Å². The number of carbonyl (C=O) groups is 3. The molecule has 0 aliphatic rings. The Hall–Kier alpha value is -3.08. The number of unbranched alkanes of at least 4 members (excludes halogenated alkanes) is 26. The summed E-state index contributed by atoms with van der Waals surface area (Å²) in [5.41, 5.74) is 0. The summed E-state index contributed by atoms with van der Waals surface area (Å²) in [5, 5.41) is 9.80. The smallest absolute Gasteiger partial charge is 0.462 e. The van der Waals surface area contributed by atoms with Crippen molar-refractivity contribution in [2.45, 2.75) is 277 Å². The number of phosphoric acid groups is 1. The fourth-order valence-corrected chi connectivity index (χ4v) is 8.87. The zero-order chi connectivity index (χ0) is 54.1. The highest BCUT2D eigenvalue weighted by molar-refractivity contribution is 7.47. The topological polar surface area (TPSA) is 155 Å². The van der Waals surface area contributed by atoms with Gasteiger partial charge in [0, 0.05) is 19.3 Å². The molecule has 0 amide bonds. The highest BCUT2D eigenvalue weighted by atomic mass is 31.2. The van der Waals surface area contributed by atoms with Gasteiger partial charge in [0.15, 0.2) is 6.10 Å². The molecule has 74 heavy (non-hydrogen) atoms. The highest BCUT2D eigenvalue weighted by Crippen LogP contribution is 2.43. The van der Waals surface area contributed by atoms with E-state index in [1.165, 1.54) is 77.0 Å². The Kier molecular flexibility index (Phi) is 53.8. The Morgan fingerprint density at radius 3 is 1.11 bits per heavy atom. The monoisotopic (exact) mass is 1060 g/mol. The summed E-state index contributed by atoms with van der Waals surface area (Å²) >= 11 is 0. The van der Waals surface area contributed by atoms with Gasteiger partial charge in [-0.1, -0.05) is 229 Å². The fraction of sp³-hybridized carbons (Fsp3) is 0.758. The molecule has 0 aliphatic carbocycles. The number of phosphoric ester groups is 1. The molecule has 0 bridgehead atoms. The zero-order valence-electron chi connectivity index (χ0n) is 47.3. The van der Waals surface area contributed by atoms with Crippen LogP contribution in [0.5, 0.6) is 0 Å². The van der Waals surface area contributed by atoms with Gasteiger partial charge >= 0.3 is 25.7 Å². The number of carbonyl (C=O) groups excluding carboxylic acids is 3. The zero-order valence-corrected chi connectivity index (χ0v) is 48.2. The first-order chi connectivity index (χ1) is 36.2. The molecule has 3 atom stereocenters. The summed E-state index contributed by atoms with van der Waals surface area (Å²) in [6, 6.07) is 0. The van der Waals surface area contributed by atoms with E-state index in [1.54, 1.807) is 0 Å². The maximum atomic E-state index is 12.9. The Morgan fingerprint density at radius 2 is 0.703 bits per heavy atom. The Labute approximate surface area is 452 Å². The van der Waals surface area contributed by atoms with Crippen molar-refractivity contribution in [3.8, 4) is 0 Å². The molecule has 0 rings (SSSR count). The van der Waals surface area contributed by atoms with Crippen molar-refractivity contribution in [2.75, 3.05) is 26.4 Å². The van der Waals surface area contributed by atoms with E-state index >= 15 is 0 Å². The van der Waals surface area contributed by atoms with E-state index in [1.807, 2.05) is 0 Å². The molecule has 0 aromatic carbocycles. The maximum Gasteiger partial charge on any atom is 0.472 e. The van der Waals surface area contributed by atoms with Crippen LogP contribution in [0.15, 0.2) is 72.9 Å². The van der Waals surface area contributed by atoms with Crippen molar-refractivity contribution in [2.24, 2.45) is 0 Å². The summed E-state index contributed by atoms with van der Waals surface area (Å²) < 4.78 is 39.5. The third kappa shape index (κ3) is 53.7. The number of allylic oxidation sites excluding steroid dienone is 12. The standard InChI is InChI=1S/C62H109O11P/c1-4-7-10-13-16-19-22-24-26-28-29-31-32-34-37-39-42-45-48-51-60(64)69-55-59(73-62(66)53-50-47-44-41-38-35-33-30-27-25-23-20-17-14-11-8-5-2)57-71-74(67,68)70-56-58(54-63)72-61(65)52-49-46-43-40-36-21-18-15-12-9-6-3/h8,11,16-17,19-20,24-27,29,31,58-59,63H,4-7,9-10,12-15,18,21-23,28,30,32-57H2,1-3H3,(H,67,68)/b11-8-,19-16-,20-17-,26-24-,27-25-,31-29-. The SMILES string of the molecule is CC/C=C\C/C=C\C/C=C\CCCCCCCCCC(=O)OC(COC(=O)CCCCCCCC/C=C\C/C=C\C/C=C\CCCCC)COP(=O)(O)OCC(CO)OC(=O)CCCCCCCCCCCCC. The molecule has 0 aliphatic heterocycles. The van der Waals surface area contributed by atoms with E-state index in [-0.39, 0.29) is 25.9 Å². The number of hydrogen-bond acceptors (Lipinski definition) is 10. The highest BCUT2D eigenvalue weighted by Gasteiger charge is 2.28. The maximum absolute atomic E-state index is 12.9. The number of hydrogen-bond donors (Lipinski definition) is 2. The lowest BCUT2D eigenvalue weighted by Crippen LogP contribution is -2.30. The van der Waals surface area contributed by atoms with Crippen LogP contribution in [0.25, 0.3) is 0 Å². The lowest BCUT2D eigenvalue weighted by molar-refractivity contribution is -0.161. The van der Waals surface area contributed by atoms with Crippen LogP contribution in [0.4, 0.5) is 0 Å². The summed E-state index contributed by atoms with van der Waals surface area (Å²) in [7, 11) is -4.75. The average molecular weight is 1060 g/mol. The van der Waals surface area contributed by atoms with Crippen LogP contribution in [-0.2, 0) is 42.2 Å². The molecule has 0 aromatic heterocycles. The van der Waals surface area contributed by atoms with Crippen molar-refractivity contribution in [1.82, 2.24) is 0 Å². The second-order valence-corrected chi connectivity index (χ2v) is 21.2. The van der Waals surface area contributed by atoms with Crippen molar-refractivity contribution in [1.29, 1.82) is 0 Å². The summed E-state index contributed by atoms with van der Waals surface area (Å²) in [4.78, 5) is 48.6. The molecule has 428 valence electrons. The Morgan fingerprint density at radius 1 is 0.392 bits per heavy atom. The van der Waals surface area contributed by atoms with Crippen molar-refractivity contribution >= 4 is 25.7 Å². The first-order valence-corrected chi connectivity index (χ1v) is 31.3. The summed E-state index contributed by atoms with van der Waals surface area (Å²) in [5.74, 6) is -1.48. The Bertz CT molecular complexity index is 1520. The molecule has 0 saturated heterocycles. The fourth-order valence-electron chi connectivity index (χ4n) is 8.08. The minimum Gasteiger partial charge on any atom is -0.462 e. The first-order valence-electron chi connectivity index (χ1n) is 29.8. The van der Waals surface area contributed by atoms with Gasteiger partial charge in [-0.05, 0) is 89.9 Å². The number of rotatable bonds is 55. The molecule has 2 N–H and O–H groups in total. The summed E-state index contributed by atoms with van der Waals surface area (Å²) in [6.07, 6.45) is 62.8. The van der Waals surface area contributed by atoms with Gasteiger partial charge in [-0.15, -0.1) is 0 Å². The molecule has 12 heteroatoms. The largest absolute Gasteiger partial charge is 0.472 e. The van der Waals surface area contributed by atoms with Gasteiger partial charge < -0.3 is 24.2 Å². The van der Waals surface area contributed by atoms with Crippen LogP contribution in [0.3, 0.4) is 0 Å². The van der Waals surface area contributed by atoms with Gasteiger partial charge in [-0.3, -0.25) is 23.4 Å². The number of aliphatic hydroxyl groups excluding tert-OH is 1. The number of esters is 3. The van der Waals surface area contributed by atoms with E-state index in [0.717, 1.165) is 128 Å². The quantitative estimate of drug-likeness (QED) is 0.0197. The van der Waals surface area contributed by atoms with Gasteiger partial charge in [-0.25, -0.2) is 4.57 Å². The molecule has 11 nitrogen and oxygen atoms in total. The van der Waals surface area contributed by atoms with Crippen LogP contribution in [-0.4, -0.2) is 66.5 Å². The van der Waals surface area contributed by atoms with Gasteiger partial charge in [0.2, 0.25) is 0 Å². The third-order valence-electron chi connectivity index (χ3n) is 12.6. The molecule has 0 heterocycles. The summed E-state index contributed by atoms with van der Waals surface area (Å²) in [6.45, 7) is 4.49. The first kappa shape index (κ1) is 70.9. The van der Waals surface area contributed by atoms with Crippen LogP contribution in [0.2, 0.25) is 0 Å². The van der Waals surface area contributed by atoms with Crippen molar-refractivity contribution in [3.63, 3.8) is 0 Å². The molecule has 0 fully saturated rings. The number of ether oxygens (including phenoxy) is 3. The van der Waals surface area contributed by atoms with Crippen LogP contribution in [0.1, 0.15) is 265 Å². The van der Waals surface area contributed by atoms with E-state index < -0.39 is 57.8 Å². The van der Waals surface area contributed by atoms with Gasteiger partial charge in [0.1, 0.15) is 12.7 Å². The van der Waals surface area contributed by atoms with E-state index in [0.29, 0.717) is 19.3 Å². The van der Waals surface area contributed by atoms with Crippen LogP contribution in [0, 0.1) is 0 Å². The lowest BCUT2D eigenvalue weighted by Gasteiger charge is -2.21.